The summed E-state index contributed by atoms with van der Waals surface area (Å²) in [6.45, 7) is 6.50. The summed E-state index contributed by atoms with van der Waals surface area (Å²) in [7, 11) is 0. The van der Waals surface area contributed by atoms with Gasteiger partial charge in [-0.2, -0.15) is 5.10 Å². The third kappa shape index (κ3) is 4.42. The molecule has 1 aromatic carbocycles. The van der Waals surface area contributed by atoms with Crippen molar-refractivity contribution in [1.82, 2.24) is 9.78 Å². The van der Waals surface area contributed by atoms with E-state index in [2.05, 4.69) is 65.2 Å². The molecule has 0 bridgehead atoms. The SMILES string of the molecule is CCc1nn(CC)c(COCCCc2ccccc2)c1Br. The zero-order chi connectivity index (χ0) is 15.1. The Bertz CT molecular complexity index is 551. The first-order chi connectivity index (χ1) is 10.3. The van der Waals surface area contributed by atoms with Gasteiger partial charge in [-0.1, -0.05) is 37.3 Å². The normalized spacial score (nSPS) is 11.0. The number of benzene rings is 1. The van der Waals surface area contributed by atoms with Crippen LogP contribution in [-0.2, 0) is 30.7 Å². The van der Waals surface area contributed by atoms with Gasteiger partial charge in [-0.3, -0.25) is 4.68 Å². The fourth-order valence-corrected chi connectivity index (χ4v) is 3.03. The third-order valence-corrected chi connectivity index (χ3v) is 4.45. The molecule has 4 heteroatoms. The molecule has 2 aromatic rings. The summed E-state index contributed by atoms with van der Waals surface area (Å²) in [4.78, 5) is 0. The minimum Gasteiger partial charge on any atom is -0.375 e. The molecule has 0 atom stereocenters. The van der Waals surface area contributed by atoms with Crippen molar-refractivity contribution in [3.63, 3.8) is 0 Å². The zero-order valence-electron chi connectivity index (χ0n) is 12.8. The number of halogens is 1. The lowest BCUT2D eigenvalue weighted by atomic mass is 10.1. The van der Waals surface area contributed by atoms with Crippen LogP contribution in [0.25, 0.3) is 0 Å². The van der Waals surface area contributed by atoms with Crippen LogP contribution in [0.2, 0.25) is 0 Å². The zero-order valence-corrected chi connectivity index (χ0v) is 14.4. The van der Waals surface area contributed by atoms with Crippen LogP contribution in [0.5, 0.6) is 0 Å². The molecule has 0 aliphatic carbocycles. The predicted molar refractivity (Wildman–Crippen MR) is 89.4 cm³/mol. The molecule has 0 saturated heterocycles. The molecular formula is C17H23BrN2O. The van der Waals surface area contributed by atoms with Crippen LogP contribution in [0.1, 0.15) is 37.2 Å². The first-order valence-electron chi connectivity index (χ1n) is 7.62. The summed E-state index contributed by atoms with van der Waals surface area (Å²) in [5.41, 5.74) is 3.63. The molecule has 2 rings (SSSR count). The second kappa shape index (κ2) is 8.35. The first kappa shape index (κ1) is 16.2. The summed E-state index contributed by atoms with van der Waals surface area (Å²) in [5.74, 6) is 0. The lowest BCUT2D eigenvalue weighted by Gasteiger charge is -2.07. The molecule has 0 N–H and O–H groups in total. The predicted octanol–water partition coefficient (Wildman–Crippen LogP) is 4.38. The largest absolute Gasteiger partial charge is 0.375 e. The Balaban J connectivity index is 1.79. The molecule has 0 aliphatic heterocycles. The molecule has 0 aliphatic rings. The van der Waals surface area contributed by atoms with Crippen molar-refractivity contribution in [2.45, 2.75) is 46.3 Å². The molecule has 3 nitrogen and oxygen atoms in total. The standard InChI is InChI=1S/C17H23BrN2O/c1-3-15-17(18)16(20(4-2)19-15)13-21-12-8-11-14-9-6-5-7-10-14/h5-7,9-10H,3-4,8,11-13H2,1-2H3. The summed E-state index contributed by atoms with van der Waals surface area (Å²) in [5, 5.41) is 4.58. The number of hydrogen-bond acceptors (Lipinski definition) is 2. The minimum absolute atomic E-state index is 0.621. The van der Waals surface area contributed by atoms with Gasteiger partial charge in [-0.05, 0) is 47.7 Å². The Morgan fingerprint density at radius 1 is 1.19 bits per heavy atom. The summed E-state index contributed by atoms with van der Waals surface area (Å²) in [6, 6.07) is 10.5. The quantitative estimate of drug-likeness (QED) is 0.660. The van der Waals surface area contributed by atoms with Gasteiger partial charge in [0, 0.05) is 13.2 Å². The van der Waals surface area contributed by atoms with Crippen LogP contribution < -0.4 is 0 Å². The van der Waals surface area contributed by atoms with Crippen LogP contribution in [0.3, 0.4) is 0 Å². The molecular weight excluding hydrogens is 328 g/mol. The van der Waals surface area contributed by atoms with Gasteiger partial charge >= 0.3 is 0 Å². The van der Waals surface area contributed by atoms with Gasteiger partial charge in [0.15, 0.2) is 0 Å². The van der Waals surface area contributed by atoms with E-state index in [1.165, 1.54) is 5.56 Å². The fraction of sp³-hybridized carbons (Fsp3) is 0.471. The van der Waals surface area contributed by atoms with Crippen molar-refractivity contribution in [2.24, 2.45) is 0 Å². The van der Waals surface area contributed by atoms with E-state index in [1.54, 1.807) is 0 Å². The van der Waals surface area contributed by atoms with Crippen molar-refractivity contribution in [1.29, 1.82) is 0 Å². The molecule has 1 heterocycles. The van der Waals surface area contributed by atoms with Crippen LogP contribution in [0.4, 0.5) is 0 Å². The Morgan fingerprint density at radius 3 is 2.62 bits per heavy atom. The van der Waals surface area contributed by atoms with Gasteiger partial charge < -0.3 is 4.74 Å². The van der Waals surface area contributed by atoms with E-state index >= 15 is 0 Å². The molecule has 0 unspecified atom stereocenters. The van der Waals surface area contributed by atoms with Gasteiger partial charge in [-0.25, -0.2) is 0 Å². The highest BCUT2D eigenvalue weighted by molar-refractivity contribution is 9.10. The number of ether oxygens (including phenoxy) is 1. The third-order valence-electron chi connectivity index (χ3n) is 3.53. The molecule has 1 aromatic heterocycles. The van der Waals surface area contributed by atoms with Gasteiger partial charge in [0.1, 0.15) is 0 Å². The van der Waals surface area contributed by atoms with E-state index < -0.39 is 0 Å². The Hall–Kier alpha value is -1.13. The maximum atomic E-state index is 5.83. The van der Waals surface area contributed by atoms with E-state index in [0.29, 0.717) is 6.61 Å². The number of rotatable bonds is 8. The van der Waals surface area contributed by atoms with E-state index in [0.717, 1.165) is 48.3 Å². The molecule has 21 heavy (non-hydrogen) atoms. The average molecular weight is 351 g/mol. The summed E-state index contributed by atoms with van der Waals surface area (Å²) in [6.07, 6.45) is 3.05. The Labute approximate surface area is 135 Å². The smallest absolute Gasteiger partial charge is 0.0896 e. The molecule has 0 radical (unpaired) electrons. The highest BCUT2D eigenvalue weighted by Gasteiger charge is 2.13. The van der Waals surface area contributed by atoms with Crippen molar-refractivity contribution in [3.05, 3.63) is 51.8 Å². The number of nitrogens with zero attached hydrogens (tertiary/aromatic N) is 2. The Morgan fingerprint density at radius 2 is 1.95 bits per heavy atom. The number of aromatic nitrogens is 2. The number of hydrogen-bond donors (Lipinski definition) is 0. The lowest BCUT2D eigenvalue weighted by molar-refractivity contribution is 0.112. The molecule has 0 spiro atoms. The van der Waals surface area contributed by atoms with Gasteiger partial charge in [0.05, 0.1) is 22.5 Å². The van der Waals surface area contributed by atoms with Crippen molar-refractivity contribution in [2.75, 3.05) is 6.61 Å². The van der Waals surface area contributed by atoms with E-state index in [9.17, 15) is 0 Å². The second-order valence-corrected chi connectivity index (χ2v) is 5.81. The summed E-state index contributed by atoms with van der Waals surface area (Å²) >= 11 is 3.65. The van der Waals surface area contributed by atoms with E-state index in [-0.39, 0.29) is 0 Å². The molecule has 0 amide bonds. The van der Waals surface area contributed by atoms with E-state index in [1.807, 2.05) is 4.68 Å². The first-order valence-corrected chi connectivity index (χ1v) is 8.41. The van der Waals surface area contributed by atoms with Gasteiger partial charge in [0.25, 0.3) is 0 Å². The van der Waals surface area contributed by atoms with Crippen LogP contribution in [0, 0.1) is 0 Å². The van der Waals surface area contributed by atoms with Crippen molar-refractivity contribution in [3.8, 4) is 0 Å². The minimum atomic E-state index is 0.621. The maximum Gasteiger partial charge on any atom is 0.0896 e. The molecule has 114 valence electrons. The average Bonchev–Trinajstić information content (AvgIpc) is 2.84. The van der Waals surface area contributed by atoms with Crippen LogP contribution in [-0.4, -0.2) is 16.4 Å². The molecule has 0 fully saturated rings. The molecule has 0 saturated carbocycles. The number of aryl methyl sites for hydroxylation is 3. The van der Waals surface area contributed by atoms with Gasteiger partial charge in [-0.15, -0.1) is 0 Å². The van der Waals surface area contributed by atoms with Gasteiger partial charge in [0.2, 0.25) is 0 Å². The second-order valence-electron chi connectivity index (χ2n) is 5.02. The lowest BCUT2D eigenvalue weighted by Crippen LogP contribution is -2.06. The summed E-state index contributed by atoms with van der Waals surface area (Å²) < 4.78 is 8.97. The highest BCUT2D eigenvalue weighted by Crippen LogP contribution is 2.23. The monoisotopic (exact) mass is 350 g/mol. The van der Waals surface area contributed by atoms with Crippen molar-refractivity contribution >= 4 is 15.9 Å². The Kier molecular flexibility index (Phi) is 6.46. The van der Waals surface area contributed by atoms with Crippen LogP contribution >= 0.6 is 15.9 Å². The van der Waals surface area contributed by atoms with Crippen molar-refractivity contribution < 1.29 is 4.74 Å². The van der Waals surface area contributed by atoms with E-state index in [4.69, 9.17) is 4.74 Å². The highest BCUT2D eigenvalue weighted by atomic mass is 79.9. The van der Waals surface area contributed by atoms with Crippen LogP contribution in [0.15, 0.2) is 34.8 Å². The fourth-order valence-electron chi connectivity index (χ4n) is 2.35. The maximum absolute atomic E-state index is 5.83. The topological polar surface area (TPSA) is 27.1 Å².